The van der Waals surface area contributed by atoms with Crippen LogP contribution in [0.3, 0.4) is 0 Å². The predicted octanol–water partition coefficient (Wildman–Crippen LogP) is -1.32. The summed E-state index contributed by atoms with van der Waals surface area (Å²) in [5, 5.41) is 48.7. The van der Waals surface area contributed by atoms with Crippen LogP contribution in [0.1, 0.15) is 0 Å². The van der Waals surface area contributed by atoms with Crippen molar-refractivity contribution >= 4 is 11.0 Å². The van der Waals surface area contributed by atoms with E-state index in [1.165, 1.54) is 24.3 Å². The van der Waals surface area contributed by atoms with Crippen LogP contribution in [-0.2, 0) is 4.74 Å². The summed E-state index contributed by atoms with van der Waals surface area (Å²) >= 11 is 0. The van der Waals surface area contributed by atoms with Crippen LogP contribution in [0.4, 0.5) is 0 Å². The zero-order valence-electron chi connectivity index (χ0n) is 12.3. The van der Waals surface area contributed by atoms with Crippen molar-refractivity contribution in [1.82, 2.24) is 0 Å². The first-order chi connectivity index (χ1) is 11.4. The molecule has 1 fully saturated rings. The number of fused-ring (bicyclic) bond motifs is 1. The maximum Gasteiger partial charge on any atom is 0.336 e. The highest BCUT2D eigenvalue weighted by Gasteiger charge is 2.43. The van der Waals surface area contributed by atoms with Gasteiger partial charge in [0.1, 0.15) is 36.6 Å². The van der Waals surface area contributed by atoms with Gasteiger partial charge in [0.05, 0.1) is 0 Å². The van der Waals surface area contributed by atoms with E-state index in [9.17, 15) is 30.3 Å². The minimum Gasteiger partial charge on any atom is -0.504 e. The lowest BCUT2D eigenvalue weighted by atomic mass is 9.99. The van der Waals surface area contributed by atoms with Crippen molar-refractivity contribution in [2.75, 3.05) is 6.61 Å². The Morgan fingerprint density at radius 3 is 2.54 bits per heavy atom. The molecule has 0 amide bonds. The van der Waals surface area contributed by atoms with Crippen molar-refractivity contribution in [3.8, 4) is 11.5 Å². The van der Waals surface area contributed by atoms with Crippen molar-refractivity contribution in [3.05, 3.63) is 34.7 Å². The number of hydrogen-bond acceptors (Lipinski definition) is 9. The standard InChI is InChI=1S/C15H16O9/c16-7-4-8-6(1-2-11(17)23-8)3-9(7)22-5-10-12(18)13(19)14(20)15(21)24-10/h1-4,10,12-16,18-21H,5H2/t10-,12-,13-,14-,15-/m1/s1. The van der Waals surface area contributed by atoms with Gasteiger partial charge in [0.15, 0.2) is 17.8 Å². The Kier molecular flexibility index (Phi) is 4.43. The summed E-state index contributed by atoms with van der Waals surface area (Å²) in [5.74, 6) is -0.273. The summed E-state index contributed by atoms with van der Waals surface area (Å²) in [6, 6.07) is 5.33. The van der Waals surface area contributed by atoms with E-state index in [0.717, 1.165) is 0 Å². The smallest absolute Gasteiger partial charge is 0.336 e. The average molecular weight is 340 g/mol. The van der Waals surface area contributed by atoms with E-state index in [0.29, 0.717) is 5.39 Å². The Morgan fingerprint density at radius 2 is 1.79 bits per heavy atom. The van der Waals surface area contributed by atoms with Gasteiger partial charge in [-0.3, -0.25) is 0 Å². The summed E-state index contributed by atoms with van der Waals surface area (Å²) in [5.41, 5.74) is -0.383. The lowest BCUT2D eigenvalue weighted by Crippen LogP contribution is -2.58. The van der Waals surface area contributed by atoms with Gasteiger partial charge < -0.3 is 39.4 Å². The molecule has 1 aliphatic heterocycles. The van der Waals surface area contributed by atoms with Crippen LogP contribution in [0.15, 0.2) is 33.5 Å². The van der Waals surface area contributed by atoms with E-state index >= 15 is 0 Å². The van der Waals surface area contributed by atoms with Gasteiger partial charge in [-0.1, -0.05) is 0 Å². The number of benzene rings is 1. The summed E-state index contributed by atoms with van der Waals surface area (Å²) in [4.78, 5) is 11.1. The molecule has 130 valence electrons. The van der Waals surface area contributed by atoms with Gasteiger partial charge in [-0.25, -0.2) is 4.79 Å². The molecule has 0 radical (unpaired) electrons. The third-order valence-corrected chi connectivity index (χ3v) is 3.79. The van der Waals surface area contributed by atoms with E-state index in [2.05, 4.69) is 0 Å². The molecule has 9 nitrogen and oxygen atoms in total. The zero-order valence-corrected chi connectivity index (χ0v) is 12.3. The maximum atomic E-state index is 11.1. The largest absolute Gasteiger partial charge is 0.504 e. The molecule has 2 aromatic rings. The van der Waals surface area contributed by atoms with Crippen molar-refractivity contribution in [1.29, 1.82) is 0 Å². The Hall–Kier alpha value is -2.17. The first-order valence-corrected chi connectivity index (χ1v) is 7.14. The van der Waals surface area contributed by atoms with Crippen LogP contribution in [0.5, 0.6) is 11.5 Å². The van der Waals surface area contributed by atoms with E-state index in [-0.39, 0.29) is 23.7 Å². The molecule has 0 unspecified atom stereocenters. The first-order valence-electron chi connectivity index (χ1n) is 7.14. The van der Waals surface area contributed by atoms with Gasteiger partial charge in [-0.15, -0.1) is 0 Å². The van der Waals surface area contributed by atoms with Gasteiger partial charge in [-0.2, -0.15) is 0 Å². The molecule has 0 saturated carbocycles. The molecule has 1 aliphatic rings. The molecule has 1 aromatic heterocycles. The van der Waals surface area contributed by atoms with Gasteiger partial charge in [0.2, 0.25) is 0 Å². The van der Waals surface area contributed by atoms with E-state index in [4.69, 9.17) is 13.9 Å². The highest BCUT2D eigenvalue weighted by Crippen LogP contribution is 2.31. The van der Waals surface area contributed by atoms with Crippen LogP contribution in [0.25, 0.3) is 11.0 Å². The second-order valence-electron chi connectivity index (χ2n) is 5.46. The lowest BCUT2D eigenvalue weighted by Gasteiger charge is -2.38. The van der Waals surface area contributed by atoms with Gasteiger partial charge >= 0.3 is 5.63 Å². The normalized spacial score (nSPS) is 30.4. The number of phenolic OH excluding ortho intramolecular Hbond substituents is 1. The second-order valence-corrected chi connectivity index (χ2v) is 5.46. The van der Waals surface area contributed by atoms with E-state index in [1.807, 2.05) is 0 Å². The molecule has 1 saturated heterocycles. The number of aliphatic hydroxyl groups is 4. The van der Waals surface area contributed by atoms with Crippen molar-refractivity contribution in [2.45, 2.75) is 30.7 Å². The number of hydrogen-bond donors (Lipinski definition) is 5. The second kappa shape index (κ2) is 6.38. The number of aromatic hydroxyl groups is 1. The quantitative estimate of drug-likeness (QED) is 0.429. The molecule has 9 heteroatoms. The minimum atomic E-state index is -1.67. The summed E-state index contributed by atoms with van der Waals surface area (Å²) in [6.07, 6.45) is -7.50. The molecule has 0 bridgehead atoms. The van der Waals surface area contributed by atoms with Crippen molar-refractivity contribution in [3.63, 3.8) is 0 Å². The van der Waals surface area contributed by atoms with Crippen LogP contribution < -0.4 is 10.4 Å². The molecule has 3 rings (SSSR count). The minimum absolute atomic E-state index is 0.0299. The number of rotatable bonds is 3. The third kappa shape index (κ3) is 3.07. The Balaban J connectivity index is 1.77. The van der Waals surface area contributed by atoms with Crippen LogP contribution in [0.2, 0.25) is 0 Å². The first kappa shape index (κ1) is 16.7. The third-order valence-electron chi connectivity index (χ3n) is 3.79. The van der Waals surface area contributed by atoms with Gasteiger partial charge in [-0.05, 0) is 12.1 Å². The zero-order chi connectivity index (χ0) is 17.4. The highest BCUT2D eigenvalue weighted by molar-refractivity contribution is 5.80. The van der Waals surface area contributed by atoms with Crippen molar-refractivity contribution in [2.24, 2.45) is 0 Å². The average Bonchev–Trinajstić information content (AvgIpc) is 2.55. The molecule has 0 aliphatic carbocycles. The Morgan fingerprint density at radius 1 is 1.04 bits per heavy atom. The van der Waals surface area contributed by atoms with Gasteiger partial charge in [0, 0.05) is 17.5 Å². The molecule has 5 atom stereocenters. The van der Waals surface area contributed by atoms with E-state index < -0.39 is 36.3 Å². The molecule has 1 aromatic carbocycles. The van der Waals surface area contributed by atoms with E-state index in [1.54, 1.807) is 0 Å². The molecule has 5 N–H and O–H groups in total. The maximum absolute atomic E-state index is 11.1. The number of phenols is 1. The van der Waals surface area contributed by atoms with Crippen molar-refractivity contribution < 1.29 is 39.4 Å². The van der Waals surface area contributed by atoms with Crippen LogP contribution >= 0.6 is 0 Å². The molecule has 24 heavy (non-hydrogen) atoms. The number of aliphatic hydroxyl groups excluding tert-OH is 4. The summed E-state index contributed by atoms with van der Waals surface area (Å²) < 4.78 is 15.3. The molecular formula is C15H16O9. The van der Waals surface area contributed by atoms with Crippen LogP contribution in [-0.4, -0.2) is 62.8 Å². The van der Waals surface area contributed by atoms with Crippen LogP contribution in [0, 0.1) is 0 Å². The topological polar surface area (TPSA) is 150 Å². The molecule has 0 spiro atoms. The lowest BCUT2D eigenvalue weighted by molar-refractivity contribution is -0.285. The monoisotopic (exact) mass is 340 g/mol. The molecule has 2 heterocycles. The highest BCUT2D eigenvalue weighted by atomic mass is 16.6. The molecular weight excluding hydrogens is 324 g/mol. The fraction of sp³-hybridized carbons (Fsp3) is 0.400. The predicted molar refractivity (Wildman–Crippen MR) is 78.5 cm³/mol. The Bertz CT molecular complexity index is 786. The SMILES string of the molecule is O=c1ccc2cc(OC[C@H]3O[C@@H](O)[C@H](O)[C@H](O)[C@@H]3O)c(O)cc2o1. The fourth-order valence-electron chi connectivity index (χ4n) is 2.44. The number of ether oxygens (including phenoxy) is 2. The van der Waals surface area contributed by atoms with Gasteiger partial charge in [0.25, 0.3) is 0 Å². The Labute approximate surface area is 134 Å². The summed E-state index contributed by atoms with van der Waals surface area (Å²) in [7, 11) is 0. The fourth-order valence-corrected chi connectivity index (χ4v) is 2.44. The summed E-state index contributed by atoms with van der Waals surface area (Å²) in [6.45, 7) is -0.308.